The van der Waals surface area contributed by atoms with Gasteiger partial charge in [-0.1, -0.05) is 34.7 Å². The van der Waals surface area contributed by atoms with Crippen LogP contribution in [0.4, 0.5) is 0 Å². The molecule has 0 saturated carbocycles. The highest BCUT2D eigenvalue weighted by molar-refractivity contribution is 7.95. The number of carbonyl (C=O) groups excluding carboxylic acids is 6. The van der Waals surface area contributed by atoms with Gasteiger partial charge < -0.3 is 139 Å². The van der Waals surface area contributed by atoms with Gasteiger partial charge in [0, 0.05) is 72.3 Å². The molecular weight excluding hydrogens is 1790 g/mol. The number of hydroxylamine groups is 2. The van der Waals surface area contributed by atoms with Crippen molar-refractivity contribution in [1.82, 2.24) is 21.0 Å². The van der Waals surface area contributed by atoms with Crippen molar-refractivity contribution in [1.29, 1.82) is 0 Å². The highest BCUT2D eigenvalue weighted by atomic mass is 32.2. The highest BCUT2D eigenvalue weighted by Crippen LogP contribution is 2.47. The first-order chi connectivity index (χ1) is 63.8. The Hall–Kier alpha value is -5.85. The van der Waals surface area contributed by atoms with Gasteiger partial charge >= 0.3 is 5.97 Å². The Morgan fingerprint density at radius 2 is 0.700 bits per heavy atom. The molecule has 1 unspecified atom stereocenters. The number of benzene rings is 4. The molecule has 1 saturated heterocycles. The van der Waals surface area contributed by atoms with Crippen molar-refractivity contribution in [2.75, 3.05) is 337 Å². The number of ether oxygens (including phenoxy) is 25. The lowest BCUT2D eigenvalue weighted by molar-refractivity contribution is -0.432. The Bertz CT molecular complexity index is 3670. The summed E-state index contributed by atoms with van der Waals surface area (Å²) in [5, 5.41) is 36.0. The van der Waals surface area contributed by atoms with Crippen LogP contribution in [0.5, 0.6) is 5.75 Å². The average molecular weight is 1930 g/mol. The average Bonchev–Trinajstić information content (AvgIpc) is 0.766. The van der Waals surface area contributed by atoms with Crippen molar-refractivity contribution in [2.45, 2.75) is 72.1 Å². The second kappa shape index (κ2) is 78.3. The topological polar surface area (TPSA) is 513 Å². The quantitative estimate of drug-likeness (QED) is 0.00697. The van der Waals surface area contributed by atoms with E-state index in [2.05, 4.69) is 30.4 Å². The van der Waals surface area contributed by atoms with Gasteiger partial charge in [0.25, 0.3) is 27.8 Å². The Morgan fingerprint density at radius 3 is 1.04 bits per heavy atom. The molecule has 0 radical (unpaired) electrons. The van der Waals surface area contributed by atoms with Gasteiger partial charge in [-0.25, -0.2) is 15.3 Å². The number of imide groups is 1. The summed E-state index contributed by atoms with van der Waals surface area (Å²) in [4.78, 5) is 81.0. The van der Waals surface area contributed by atoms with E-state index >= 15 is 0 Å². The van der Waals surface area contributed by atoms with Crippen molar-refractivity contribution < 1.29 is 194 Å². The minimum absolute atomic E-state index is 0.0120. The van der Waals surface area contributed by atoms with Gasteiger partial charge in [-0.05, 0) is 48.2 Å². The van der Waals surface area contributed by atoms with Crippen molar-refractivity contribution in [3.8, 4) is 5.75 Å². The minimum atomic E-state index is -4.87. The van der Waals surface area contributed by atoms with E-state index in [0.29, 0.717) is 354 Å². The molecule has 0 aromatic heterocycles. The number of nitrogens with zero attached hydrogens (tertiary/aromatic N) is 1. The number of unbranched alkanes of at least 4 members (excludes halogenated alkanes) is 2. The van der Waals surface area contributed by atoms with Gasteiger partial charge in [0.2, 0.25) is 11.8 Å². The van der Waals surface area contributed by atoms with Crippen molar-refractivity contribution in [2.24, 2.45) is 0 Å². The molecule has 45 nitrogen and oxygen atoms in total. The number of carbonyl (C=O) groups is 6. The molecule has 0 aliphatic carbocycles. The maximum absolute atomic E-state index is 13.7. The van der Waals surface area contributed by atoms with Crippen LogP contribution in [-0.4, -0.2) is 407 Å². The Balaban J connectivity index is 0.751. The van der Waals surface area contributed by atoms with E-state index < -0.39 is 63.2 Å². The van der Waals surface area contributed by atoms with Gasteiger partial charge in [-0.2, -0.15) is 8.42 Å². The fraction of sp³-hybridized carbons (Fsp3) is 0.732. The monoisotopic (exact) mass is 1920 g/mol. The van der Waals surface area contributed by atoms with Gasteiger partial charge in [-0.3, -0.25) is 28.5 Å². The molecule has 1 atom stereocenters. The van der Waals surface area contributed by atoms with Gasteiger partial charge in [0.1, 0.15) is 16.7 Å². The molecule has 1 heterocycles. The van der Waals surface area contributed by atoms with Crippen LogP contribution in [0, 0.1) is 0 Å². The molecule has 4 aromatic rings. The second-order valence-corrected chi connectivity index (χ2v) is 30.1. The van der Waals surface area contributed by atoms with Crippen LogP contribution >= 0.6 is 24.1 Å². The molecule has 5 rings (SSSR count). The molecule has 48 heteroatoms. The highest BCUT2D eigenvalue weighted by Gasteiger charge is 2.33. The number of nitrogens with one attached hydrogen (secondary N) is 3. The maximum atomic E-state index is 13.7. The molecule has 1 aliphatic rings. The predicted octanol–water partition coefficient (Wildman–Crippen LogP) is 3.76. The van der Waals surface area contributed by atoms with E-state index in [1.165, 1.54) is 18.2 Å². The van der Waals surface area contributed by atoms with Gasteiger partial charge in [-0.15, -0.1) is 13.7 Å². The summed E-state index contributed by atoms with van der Waals surface area (Å²) in [6, 6.07) is 7.45. The van der Waals surface area contributed by atoms with Crippen LogP contribution < -0.4 is 20.7 Å². The van der Waals surface area contributed by atoms with Crippen LogP contribution in [0.3, 0.4) is 0 Å². The fourth-order valence-corrected chi connectivity index (χ4v) is 13.3. The van der Waals surface area contributed by atoms with E-state index in [1.54, 1.807) is 19.2 Å². The van der Waals surface area contributed by atoms with E-state index in [0.717, 1.165) is 6.07 Å². The van der Waals surface area contributed by atoms with Gasteiger partial charge in [0.05, 0.1) is 340 Å². The normalized spacial score (nSPS) is 12.8. The van der Waals surface area contributed by atoms with Crippen molar-refractivity contribution in [3.63, 3.8) is 0 Å². The standard InChI is InChI=1S/C82H132N4O41S3/c1-98-17-18-100-21-22-102-25-26-104-29-30-106-33-34-108-37-38-110-41-42-112-45-46-114-49-50-116-53-54-118-57-58-120-61-62-121-60-59-119-56-55-117-52-51-115-48-47-113-44-43-111-40-39-109-36-35-107-32-31-105-28-27-103-24-23-101-20-19-99-16-15-84-82(92)70(10-11-75(87)83-14-4-2-3-5-79(91)123-86-77(89)12-13-78(86)90)85-76(88)65-122-71-63-72(128-126-124-93)67-7-8-68-73(129-127-125-94)64-74(130(95,96)97)69-9-6-66(71)80(67)81(68)69/h6-9,63-64,70,93-94H,2-5,10-62,65H2,1H3,(H,83,87)(H,84,92)(H,85,88)(H,95,96,97). The molecule has 1 fully saturated rings. The molecular formula is C82H132N4O41S3. The minimum Gasteiger partial charge on any atom is -0.483 e. The third kappa shape index (κ3) is 55.2. The van der Waals surface area contributed by atoms with Crippen LogP contribution in [0.25, 0.3) is 32.3 Å². The smallest absolute Gasteiger partial charge is 0.333 e. The lowest BCUT2D eigenvalue weighted by atomic mass is 9.93. The number of hydrogen-bond acceptors (Lipinski definition) is 42. The molecule has 5 amide bonds. The van der Waals surface area contributed by atoms with Crippen LogP contribution in [-0.2, 0) is 176 Å². The van der Waals surface area contributed by atoms with Crippen LogP contribution in [0.15, 0.2) is 51.1 Å². The largest absolute Gasteiger partial charge is 0.483 e. The number of amides is 5. The Kier molecular flexibility index (Phi) is 69.1. The third-order valence-electron chi connectivity index (χ3n) is 17.7. The Morgan fingerprint density at radius 1 is 0.385 bits per heavy atom. The SMILES string of the molecule is COCCOCCOCCOCCOCCOCCOCCOCCOCCOCCOCCOCCOCCOCCOCCOCCOCCOCCOCCOCCOCCOCCOCCOCCNC(=O)C(CCC(=O)NCCCCCC(=O)ON1C(=O)CCC1=O)NC(=O)COc1cc(SOOO)c2ccc3c(SOOO)cc(S(=O)(=O)O)c4ccc1c2c34. The summed E-state index contributed by atoms with van der Waals surface area (Å²) in [6.07, 6.45) is 0.795. The zero-order chi connectivity index (χ0) is 92.9. The lowest BCUT2D eigenvalue weighted by Gasteiger charge is -2.20. The van der Waals surface area contributed by atoms with Crippen molar-refractivity contribution >= 4 is 102 Å². The maximum Gasteiger partial charge on any atom is 0.333 e. The lowest BCUT2D eigenvalue weighted by Crippen LogP contribution is -2.49. The summed E-state index contributed by atoms with van der Waals surface area (Å²) >= 11 is 0.985. The van der Waals surface area contributed by atoms with Crippen LogP contribution in [0.2, 0.25) is 0 Å². The third-order valence-corrected chi connectivity index (χ3v) is 19.9. The Labute approximate surface area is 765 Å². The summed E-state index contributed by atoms with van der Waals surface area (Å²) in [5.41, 5.74) is 0. The number of methoxy groups -OCH3 is 1. The van der Waals surface area contributed by atoms with Crippen LogP contribution in [0.1, 0.15) is 51.4 Å². The number of hydrogen-bond donors (Lipinski definition) is 6. The first-order valence-electron chi connectivity index (χ1n) is 43.1. The van der Waals surface area contributed by atoms with E-state index in [9.17, 15) is 41.7 Å². The zero-order valence-corrected chi connectivity index (χ0v) is 76.5. The summed E-state index contributed by atoms with van der Waals surface area (Å²) in [5.74, 6) is -3.77. The van der Waals surface area contributed by atoms with E-state index in [4.69, 9.17) is 138 Å². The summed E-state index contributed by atoms with van der Waals surface area (Å²) in [7, 11) is -3.23. The summed E-state index contributed by atoms with van der Waals surface area (Å²) in [6.45, 7) is 19.8. The predicted molar refractivity (Wildman–Crippen MR) is 460 cm³/mol. The first kappa shape index (κ1) is 115. The van der Waals surface area contributed by atoms with Gasteiger partial charge in [0.15, 0.2) is 6.61 Å². The number of rotatable bonds is 94. The van der Waals surface area contributed by atoms with E-state index in [1.807, 2.05) is 0 Å². The van der Waals surface area contributed by atoms with Crippen molar-refractivity contribution in [3.05, 3.63) is 36.4 Å². The molecule has 6 N–H and O–H groups in total. The molecule has 130 heavy (non-hydrogen) atoms. The second-order valence-electron chi connectivity index (χ2n) is 27.3. The summed E-state index contributed by atoms with van der Waals surface area (Å²) < 4.78 is 183. The fourth-order valence-electron chi connectivity index (χ4n) is 11.5. The first-order valence-corrected chi connectivity index (χ1v) is 46.0. The molecule has 1 aliphatic heterocycles. The molecule has 0 spiro atoms. The zero-order valence-electron chi connectivity index (χ0n) is 74.1. The molecule has 744 valence electrons. The molecule has 4 aromatic carbocycles. The van der Waals surface area contributed by atoms with E-state index in [-0.39, 0.29) is 97.9 Å². The molecule has 0 bridgehead atoms.